The van der Waals surface area contributed by atoms with Gasteiger partial charge in [0.15, 0.2) is 0 Å². The van der Waals surface area contributed by atoms with E-state index in [2.05, 4.69) is 36.5 Å². The molecule has 0 saturated carbocycles. The number of aryl methyl sites for hydroxylation is 1. The zero-order chi connectivity index (χ0) is 11.1. The fourth-order valence-electron chi connectivity index (χ4n) is 1.50. The summed E-state index contributed by atoms with van der Waals surface area (Å²) in [6.07, 6.45) is 1.94. The van der Waals surface area contributed by atoms with E-state index in [0.717, 1.165) is 12.8 Å². The molecule has 0 aliphatic carbocycles. The smallest absolute Gasteiger partial charge is 0.0636 e. The molecule has 2 atom stereocenters. The quantitative estimate of drug-likeness (QED) is 0.747. The zero-order valence-electron chi connectivity index (χ0n) is 9.61. The lowest BCUT2D eigenvalue weighted by atomic mass is 10.1. The summed E-state index contributed by atoms with van der Waals surface area (Å²) in [7, 11) is 0. The molecule has 0 radical (unpaired) electrons. The zero-order valence-corrected chi connectivity index (χ0v) is 9.61. The SMILES string of the molecule is C[C@H](O)CN[C@@H](C)CCc1ccccc1. The summed E-state index contributed by atoms with van der Waals surface area (Å²) in [5.41, 5.74) is 1.38. The van der Waals surface area contributed by atoms with E-state index >= 15 is 0 Å². The van der Waals surface area contributed by atoms with Gasteiger partial charge in [-0.2, -0.15) is 0 Å². The van der Waals surface area contributed by atoms with E-state index in [1.165, 1.54) is 5.56 Å². The first kappa shape index (κ1) is 12.2. The van der Waals surface area contributed by atoms with Crippen LogP contribution in [0, 0.1) is 0 Å². The first-order chi connectivity index (χ1) is 7.18. The molecule has 0 bridgehead atoms. The maximum absolute atomic E-state index is 9.12. The van der Waals surface area contributed by atoms with Gasteiger partial charge in [0.1, 0.15) is 0 Å². The molecule has 15 heavy (non-hydrogen) atoms. The van der Waals surface area contributed by atoms with Gasteiger partial charge in [0.25, 0.3) is 0 Å². The molecule has 0 spiro atoms. The van der Waals surface area contributed by atoms with Crippen LogP contribution in [0.3, 0.4) is 0 Å². The highest BCUT2D eigenvalue weighted by Crippen LogP contribution is 2.04. The molecule has 0 aliphatic heterocycles. The van der Waals surface area contributed by atoms with Gasteiger partial charge in [0, 0.05) is 12.6 Å². The highest BCUT2D eigenvalue weighted by Gasteiger charge is 2.03. The average Bonchev–Trinajstić information content (AvgIpc) is 2.25. The van der Waals surface area contributed by atoms with Crippen LogP contribution in [0.2, 0.25) is 0 Å². The van der Waals surface area contributed by atoms with Crippen molar-refractivity contribution in [2.75, 3.05) is 6.54 Å². The van der Waals surface area contributed by atoms with Crippen molar-refractivity contribution in [3.8, 4) is 0 Å². The topological polar surface area (TPSA) is 32.3 Å². The van der Waals surface area contributed by atoms with Gasteiger partial charge < -0.3 is 10.4 Å². The molecule has 84 valence electrons. The highest BCUT2D eigenvalue weighted by molar-refractivity contribution is 5.14. The van der Waals surface area contributed by atoms with E-state index in [4.69, 9.17) is 5.11 Å². The van der Waals surface area contributed by atoms with Crippen molar-refractivity contribution in [3.05, 3.63) is 35.9 Å². The summed E-state index contributed by atoms with van der Waals surface area (Å²) in [6, 6.07) is 11.0. The van der Waals surface area contributed by atoms with E-state index in [0.29, 0.717) is 12.6 Å². The molecule has 0 heterocycles. The summed E-state index contributed by atoms with van der Waals surface area (Å²) in [5.74, 6) is 0. The van der Waals surface area contributed by atoms with Crippen molar-refractivity contribution in [3.63, 3.8) is 0 Å². The van der Waals surface area contributed by atoms with Gasteiger partial charge in [0.05, 0.1) is 6.10 Å². The highest BCUT2D eigenvalue weighted by atomic mass is 16.3. The number of aliphatic hydroxyl groups excluding tert-OH is 1. The Morgan fingerprint density at radius 3 is 2.47 bits per heavy atom. The minimum atomic E-state index is -0.260. The average molecular weight is 207 g/mol. The van der Waals surface area contributed by atoms with Crippen LogP contribution in [-0.4, -0.2) is 23.8 Å². The molecule has 0 fully saturated rings. The van der Waals surface area contributed by atoms with E-state index < -0.39 is 0 Å². The van der Waals surface area contributed by atoms with Gasteiger partial charge in [-0.1, -0.05) is 30.3 Å². The summed E-state index contributed by atoms with van der Waals surface area (Å²) in [4.78, 5) is 0. The largest absolute Gasteiger partial charge is 0.392 e. The van der Waals surface area contributed by atoms with Crippen LogP contribution in [0.1, 0.15) is 25.8 Å². The van der Waals surface area contributed by atoms with Gasteiger partial charge in [0.2, 0.25) is 0 Å². The Hall–Kier alpha value is -0.860. The summed E-state index contributed by atoms with van der Waals surface area (Å²) >= 11 is 0. The summed E-state index contributed by atoms with van der Waals surface area (Å²) < 4.78 is 0. The molecule has 0 aliphatic rings. The summed E-state index contributed by atoms with van der Waals surface area (Å²) in [6.45, 7) is 4.64. The van der Waals surface area contributed by atoms with E-state index in [-0.39, 0.29) is 6.10 Å². The van der Waals surface area contributed by atoms with Gasteiger partial charge in [-0.3, -0.25) is 0 Å². The molecule has 2 nitrogen and oxygen atoms in total. The van der Waals surface area contributed by atoms with Gasteiger partial charge in [-0.05, 0) is 32.3 Å². The Morgan fingerprint density at radius 2 is 1.87 bits per heavy atom. The molecule has 0 saturated heterocycles. The third kappa shape index (κ3) is 5.55. The number of rotatable bonds is 6. The second-order valence-corrected chi connectivity index (χ2v) is 4.18. The molecule has 2 heteroatoms. The third-order valence-electron chi connectivity index (χ3n) is 2.47. The van der Waals surface area contributed by atoms with E-state index in [1.807, 2.05) is 6.07 Å². The monoisotopic (exact) mass is 207 g/mol. The number of hydrogen-bond donors (Lipinski definition) is 2. The van der Waals surface area contributed by atoms with Crippen LogP contribution >= 0.6 is 0 Å². The third-order valence-corrected chi connectivity index (χ3v) is 2.47. The van der Waals surface area contributed by atoms with Crippen LogP contribution in [0.5, 0.6) is 0 Å². The lowest BCUT2D eigenvalue weighted by Crippen LogP contribution is -2.32. The Labute approximate surface area is 92.3 Å². The van der Waals surface area contributed by atoms with Crippen LogP contribution in [0.25, 0.3) is 0 Å². The first-order valence-electron chi connectivity index (χ1n) is 5.64. The molecule has 0 amide bonds. The summed E-state index contributed by atoms with van der Waals surface area (Å²) in [5, 5.41) is 12.4. The lowest BCUT2D eigenvalue weighted by Gasteiger charge is -2.14. The van der Waals surface area contributed by atoms with Crippen LogP contribution in [-0.2, 0) is 6.42 Å². The second kappa shape index (κ2) is 6.59. The predicted octanol–water partition coefficient (Wildman–Crippen LogP) is 1.98. The minimum absolute atomic E-state index is 0.260. The van der Waals surface area contributed by atoms with Gasteiger partial charge in [-0.15, -0.1) is 0 Å². The Bertz CT molecular complexity index is 258. The van der Waals surface area contributed by atoms with Crippen molar-refractivity contribution in [2.24, 2.45) is 0 Å². The predicted molar refractivity (Wildman–Crippen MR) is 63.9 cm³/mol. The Kier molecular flexibility index (Phi) is 5.37. The van der Waals surface area contributed by atoms with Crippen LogP contribution in [0.4, 0.5) is 0 Å². The Morgan fingerprint density at radius 1 is 1.20 bits per heavy atom. The Balaban J connectivity index is 2.19. The van der Waals surface area contributed by atoms with E-state index in [9.17, 15) is 0 Å². The van der Waals surface area contributed by atoms with Crippen LogP contribution in [0.15, 0.2) is 30.3 Å². The van der Waals surface area contributed by atoms with Crippen molar-refractivity contribution < 1.29 is 5.11 Å². The minimum Gasteiger partial charge on any atom is -0.392 e. The molecule has 2 N–H and O–H groups in total. The normalized spacial score (nSPS) is 14.9. The number of nitrogens with one attached hydrogen (secondary N) is 1. The molecular weight excluding hydrogens is 186 g/mol. The van der Waals surface area contributed by atoms with Crippen molar-refractivity contribution >= 4 is 0 Å². The van der Waals surface area contributed by atoms with Gasteiger partial charge in [-0.25, -0.2) is 0 Å². The molecule has 1 aromatic rings. The second-order valence-electron chi connectivity index (χ2n) is 4.18. The maximum Gasteiger partial charge on any atom is 0.0636 e. The fourth-order valence-corrected chi connectivity index (χ4v) is 1.50. The number of hydrogen-bond acceptors (Lipinski definition) is 2. The molecule has 1 rings (SSSR count). The first-order valence-corrected chi connectivity index (χ1v) is 5.64. The lowest BCUT2D eigenvalue weighted by molar-refractivity contribution is 0.186. The number of aliphatic hydroxyl groups is 1. The fraction of sp³-hybridized carbons (Fsp3) is 0.538. The van der Waals surface area contributed by atoms with Crippen molar-refractivity contribution in [1.29, 1.82) is 0 Å². The molecule has 0 aromatic heterocycles. The van der Waals surface area contributed by atoms with Crippen molar-refractivity contribution in [2.45, 2.75) is 38.8 Å². The van der Waals surface area contributed by atoms with Gasteiger partial charge >= 0.3 is 0 Å². The van der Waals surface area contributed by atoms with Crippen LogP contribution < -0.4 is 5.32 Å². The molecule has 0 unspecified atom stereocenters. The number of benzene rings is 1. The maximum atomic E-state index is 9.12. The standard InChI is InChI=1S/C13H21NO/c1-11(14-10-12(2)15)8-9-13-6-4-3-5-7-13/h3-7,11-12,14-15H,8-10H2,1-2H3/t11-,12-/m0/s1. The molecule has 1 aromatic carbocycles. The van der Waals surface area contributed by atoms with Crippen molar-refractivity contribution in [1.82, 2.24) is 5.32 Å². The van der Waals surface area contributed by atoms with E-state index in [1.54, 1.807) is 6.92 Å². The molecular formula is C13H21NO.